The highest BCUT2D eigenvalue weighted by Gasteiger charge is 2.27. The molecule has 1 aromatic heterocycles. The van der Waals surface area contributed by atoms with E-state index in [9.17, 15) is 8.42 Å². The molecule has 0 spiro atoms. The van der Waals surface area contributed by atoms with Crippen molar-refractivity contribution in [3.8, 4) is 0 Å². The number of halogens is 1. The molecule has 0 saturated carbocycles. The second kappa shape index (κ2) is 8.05. The van der Waals surface area contributed by atoms with Gasteiger partial charge in [0, 0.05) is 30.0 Å². The number of aryl methyl sites for hydroxylation is 1. The topological polar surface area (TPSA) is 65.5 Å². The molecule has 3 rings (SSSR count). The number of pyridine rings is 1. The summed E-state index contributed by atoms with van der Waals surface area (Å²) in [6.45, 7) is 5.31. The van der Waals surface area contributed by atoms with Crippen LogP contribution in [0.1, 0.15) is 36.1 Å². The minimum absolute atomic E-state index is 0.100. The third kappa shape index (κ3) is 4.43. The summed E-state index contributed by atoms with van der Waals surface area (Å²) in [6, 6.07) is 8.29. The largest absolute Gasteiger partial charge is 0.381 e. The second-order valence-corrected chi connectivity index (χ2v) is 8.69. The molecule has 7 heteroatoms. The molecule has 0 aliphatic carbocycles. The third-order valence-electron chi connectivity index (χ3n) is 4.75. The van der Waals surface area contributed by atoms with Crippen LogP contribution in [-0.4, -0.2) is 26.6 Å². The molecule has 1 aromatic carbocycles. The van der Waals surface area contributed by atoms with Crippen molar-refractivity contribution in [1.82, 2.24) is 4.98 Å². The Balaban J connectivity index is 1.80. The fourth-order valence-corrected chi connectivity index (χ4v) is 4.17. The Morgan fingerprint density at radius 2 is 2.08 bits per heavy atom. The summed E-state index contributed by atoms with van der Waals surface area (Å²) in [4.78, 5) is 4.58. The van der Waals surface area contributed by atoms with E-state index >= 15 is 0 Å². The monoisotopic (exact) mass is 395 g/mol. The van der Waals surface area contributed by atoms with Gasteiger partial charge < -0.3 is 4.74 Å². The van der Waals surface area contributed by atoms with Crippen LogP contribution in [0.2, 0.25) is 5.02 Å². The van der Waals surface area contributed by atoms with E-state index in [0.717, 1.165) is 24.3 Å². The van der Waals surface area contributed by atoms with Crippen molar-refractivity contribution >= 4 is 21.7 Å². The van der Waals surface area contributed by atoms with Gasteiger partial charge in [-0.2, -0.15) is 8.42 Å². The van der Waals surface area contributed by atoms with E-state index in [0.29, 0.717) is 23.1 Å². The van der Waals surface area contributed by atoms with E-state index in [1.807, 2.05) is 6.92 Å². The highest BCUT2D eigenvalue weighted by molar-refractivity contribution is 7.86. The number of hydrogen-bond donors (Lipinski definition) is 0. The molecule has 26 heavy (non-hydrogen) atoms. The van der Waals surface area contributed by atoms with E-state index in [-0.39, 0.29) is 17.4 Å². The molecule has 0 radical (unpaired) electrons. The molecular formula is C19H22ClNO4S. The Bertz CT molecular complexity index is 862. The maximum atomic E-state index is 12.4. The molecule has 1 fully saturated rings. The summed E-state index contributed by atoms with van der Waals surface area (Å²) in [5.74, 6) is 0.492. The normalized spacial score (nSPS) is 18.8. The van der Waals surface area contributed by atoms with Crippen LogP contribution in [0, 0.1) is 12.8 Å². The standard InChI is InChI=1S/C19H22ClNO4S/c1-13-3-5-18(6-4-13)26(22,23)25-12-16-9-17(20)10-21-19(16)14(2)15-7-8-24-11-15/h3-6,9-10,14-15H,7-8,11-12H2,1-2H3. The van der Waals surface area contributed by atoms with E-state index in [2.05, 4.69) is 11.9 Å². The first kappa shape index (κ1) is 19.3. The smallest absolute Gasteiger partial charge is 0.297 e. The Kier molecular flexibility index (Phi) is 5.97. The lowest BCUT2D eigenvalue weighted by atomic mass is 9.88. The van der Waals surface area contributed by atoms with Crippen LogP contribution < -0.4 is 0 Å². The van der Waals surface area contributed by atoms with Crippen LogP contribution in [0.4, 0.5) is 0 Å². The van der Waals surface area contributed by atoms with Crippen LogP contribution in [0.3, 0.4) is 0 Å². The lowest BCUT2D eigenvalue weighted by Gasteiger charge is -2.20. The van der Waals surface area contributed by atoms with E-state index in [1.165, 1.54) is 0 Å². The lowest BCUT2D eigenvalue weighted by molar-refractivity contribution is 0.181. The first-order valence-electron chi connectivity index (χ1n) is 8.55. The maximum absolute atomic E-state index is 12.4. The molecule has 2 atom stereocenters. The summed E-state index contributed by atoms with van der Waals surface area (Å²) >= 11 is 6.07. The molecule has 0 N–H and O–H groups in total. The van der Waals surface area contributed by atoms with Gasteiger partial charge in [-0.05, 0) is 37.5 Å². The van der Waals surface area contributed by atoms with Crippen molar-refractivity contribution in [1.29, 1.82) is 0 Å². The van der Waals surface area contributed by atoms with Gasteiger partial charge in [-0.3, -0.25) is 9.17 Å². The highest BCUT2D eigenvalue weighted by Crippen LogP contribution is 2.32. The fraction of sp³-hybridized carbons (Fsp3) is 0.421. The Morgan fingerprint density at radius 3 is 2.73 bits per heavy atom. The first-order valence-corrected chi connectivity index (χ1v) is 10.3. The summed E-state index contributed by atoms with van der Waals surface area (Å²) < 4.78 is 35.6. The van der Waals surface area contributed by atoms with Gasteiger partial charge in [0.05, 0.1) is 23.1 Å². The highest BCUT2D eigenvalue weighted by atomic mass is 35.5. The molecule has 0 bridgehead atoms. The predicted molar refractivity (Wildman–Crippen MR) is 99.7 cm³/mol. The zero-order chi connectivity index (χ0) is 18.7. The van der Waals surface area contributed by atoms with E-state index < -0.39 is 10.1 Å². The van der Waals surface area contributed by atoms with Crippen LogP contribution in [-0.2, 0) is 25.6 Å². The van der Waals surface area contributed by atoms with Gasteiger partial charge >= 0.3 is 0 Å². The fourth-order valence-electron chi connectivity index (χ4n) is 3.10. The van der Waals surface area contributed by atoms with Crippen molar-refractivity contribution in [3.63, 3.8) is 0 Å². The zero-order valence-corrected chi connectivity index (χ0v) is 16.4. The molecule has 2 heterocycles. The van der Waals surface area contributed by atoms with Crippen molar-refractivity contribution in [2.24, 2.45) is 5.92 Å². The average Bonchev–Trinajstić information content (AvgIpc) is 3.15. The molecule has 140 valence electrons. The van der Waals surface area contributed by atoms with Crippen LogP contribution in [0.5, 0.6) is 0 Å². The third-order valence-corrected chi connectivity index (χ3v) is 6.24. The molecule has 1 aliphatic heterocycles. The van der Waals surface area contributed by atoms with Gasteiger partial charge in [-0.1, -0.05) is 36.2 Å². The number of rotatable bonds is 6. The van der Waals surface area contributed by atoms with Gasteiger partial charge in [0.15, 0.2) is 0 Å². The van der Waals surface area contributed by atoms with Crippen molar-refractivity contribution in [3.05, 3.63) is 58.4 Å². The molecule has 1 saturated heterocycles. The van der Waals surface area contributed by atoms with Gasteiger partial charge in [-0.25, -0.2) is 0 Å². The number of hydrogen-bond acceptors (Lipinski definition) is 5. The van der Waals surface area contributed by atoms with Crippen molar-refractivity contribution in [2.45, 2.75) is 37.7 Å². The van der Waals surface area contributed by atoms with E-state index in [1.54, 1.807) is 36.5 Å². The molecule has 1 aliphatic rings. The molecular weight excluding hydrogens is 374 g/mol. The summed E-state index contributed by atoms with van der Waals surface area (Å²) in [5, 5.41) is 0.454. The van der Waals surface area contributed by atoms with Gasteiger partial charge in [0.1, 0.15) is 0 Å². The molecule has 2 aromatic rings. The van der Waals surface area contributed by atoms with Crippen LogP contribution in [0.15, 0.2) is 41.4 Å². The second-order valence-electron chi connectivity index (χ2n) is 6.64. The summed E-state index contributed by atoms with van der Waals surface area (Å²) in [5.41, 5.74) is 2.48. The van der Waals surface area contributed by atoms with Crippen LogP contribution in [0.25, 0.3) is 0 Å². The lowest BCUT2D eigenvalue weighted by Crippen LogP contribution is -2.15. The molecule has 5 nitrogen and oxygen atoms in total. The van der Waals surface area contributed by atoms with Gasteiger partial charge in [0.25, 0.3) is 10.1 Å². The quantitative estimate of drug-likeness (QED) is 0.689. The number of nitrogens with zero attached hydrogens (tertiary/aromatic N) is 1. The number of ether oxygens (including phenoxy) is 1. The SMILES string of the molecule is Cc1ccc(S(=O)(=O)OCc2cc(Cl)cnc2C(C)C2CCOC2)cc1. The first-order chi connectivity index (χ1) is 12.4. The average molecular weight is 396 g/mol. The summed E-state index contributed by atoms with van der Waals surface area (Å²) in [7, 11) is -3.85. The minimum Gasteiger partial charge on any atom is -0.381 e. The number of aromatic nitrogens is 1. The van der Waals surface area contributed by atoms with E-state index in [4.69, 9.17) is 20.5 Å². The van der Waals surface area contributed by atoms with Gasteiger partial charge in [-0.15, -0.1) is 0 Å². The minimum atomic E-state index is -3.85. The maximum Gasteiger partial charge on any atom is 0.297 e. The predicted octanol–water partition coefficient (Wildman–Crippen LogP) is 4.09. The Morgan fingerprint density at radius 1 is 1.35 bits per heavy atom. The number of benzene rings is 1. The molecule has 2 unspecified atom stereocenters. The Labute approximate surface area is 159 Å². The van der Waals surface area contributed by atoms with Gasteiger partial charge in [0.2, 0.25) is 0 Å². The summed E-state index contributed by atoms with van der Waals surface area (Å²) in [6.07, 6.45) is 2.55. The van der Waals surface area contributed by atoms with Crippen molar-refractivity contribution < 1.29 is 17.3 Å². The van der Waals surface area contributed by atoms with Crippen LogP contribution >= 0.6 is 11.6 Å². The zero-order valence-electron chi connectivity index (χ0n) is 14.8. The molecule has 0 amide bonds. The van der Waals surface area contributed by atoms with Crippen molar-refractivity contribution in [2.75, 3.05) is 13.2 Å². The Hall–Kier alpha value is -1.47.